The largest absolute Gasteiger partial charge is 0.496 e. The van der Waals surface area contributed by atoms with E-state index in [2.05, 4.69) is 5.32 Å². The van der Waals surface area contributed by atoms with Crippen LogP contribution in [0, 0.1) is 0 Å². The molecule has 27 heavy (non-hydrogen) atoms. The van der Waals surface area contributed by atoms with Gasteiger partial charge in [-0.15, -0.1) is 12.4 Å². The summed E-state index contributed by atoms with van der Waals surface area (Å²) in [5.41, 5.74) is 7.00. The highest BCUT2D eigenvalue weighted by molar-refractivity contribution is 5.85. The lowest BCUT2D eigenvalue weighted by Gasteiger charge is -2.13. The first-order valence-corrected chi connectivity index (χ1v) is 8.55. The Morgan fingerprint density at radius 3 is 2.22 bits per heavy atom. The van der Waals surface area contributed by atoms with E-state index in [1.54, 1.807) is 32.4 Å². The lowest BCUT2D eigenvalue weighted by atomic mass is 10.0. The minimum absolute atomic E-state index is 0. The van der Waals surface area contributed by atoms with Crippen molar-refractivity contribution in [3.63, 3.8) is 0 Å². The van der Waals surface area contributed by atoms with Gasteiger partial charge in [-0.25, -0.2) is 0 Å². The summed E-state index contributed by atoms with van der Waals surface area (Å²) in [5, 5.41) is 2.87. The third-order valence-electron chi connectivity index (χ3n) is 3.87. The Hall–Kier alpha value is -2.44. The van der Waals surface area contributed by atoms with Gasteiger partial charge in [0.15, 0.2) is 0 Å². The van der Waals surface area contributed by atoms with E-state index < -0.39 is 0 Å². The van der Waals surface area contributed by atoms with Crippen molar-refractivity contribution in [2.24, 2.45) is 5.73 Å². The van der Waals surface area contributed by atoms with E-state index >= 15 is 0 Å². The molecule has 0 saturated heterocycles. The molecule has 3 N–H and O–H groups in total. The van der Waals surface area contributed by atoms with Crippen molar-refractivity contribution in [2.45, 2.75) is 18.9 Å². The van der Waals surface area contributed by atoms with Crippen LogP contribution >= 0.6 is 12.4 Å². The number of nitrogens with two attached hydrogens (primary N) is 1. The van der Waals surface area contributed by atoms with Crippen molar-refractivity contribution >= 4 is 18.3 Å². The third-order valence-corrected chi connectivity index (χ3v) is 3.87. The first-order valence-electron chi connectivity index (χ1n) is 8.55. The molecule has 1 atom stereocenters. The average molecular weight is 395 g/mol. The van der Waals surface area contributed by atoms with Crippen LogP contribution in [0.4, 0.5) is 0 Å². The van der Waals surface area contributed by atoms with Gasteiger partial charge in [-0.2, -0.15) is 0 Å². The molecule has 0 aromatic heterocycles. The summed E-state index contributed by atoms with van der Waals surface area (Å²) >= 11 is 0. The lowest BCUT2D eigenvalue weighted by Crippen LogP contribution is -2.29. The lowest BCUT2D eigenvalue weighted by molar-refractivity contribution is -0.121. The SMILES string of the molecule is COc1cc(OC)cc(OCCCNC(=O)CC(N)c2ccccc2)c1.Cl. The number of carbonyl (C=O) groups excluding carboxylic acids is 1. The summed E-state index contributed by atoms with van der Waals surface area (Å²) in [4.78, 5) is 12.0. The molecular formula is C20H27ClN2O4. The summed E-state index contributed by atoms with van der Waals surface area (Å²) in [5.74, 6) is 1.94. The van der Waals surface area contributed by atoms with Gasteiger partial charge in [0, 0.05) is 37.2 Å². The van der Waals surface area contributed by atoms with Crippen LogP contribution in [0.2, 0.25) is 0 Å². The molecule has 0 radical (unpaired) electrons. The molecule has 6 nitrogen and oxygen atoms in total. The van der Waals surface area contributed by atoms with Gasteiger partial charge in [-0.3, -0.25) is 4.79 Å². The number of benzene rings is 2. The van der Waals surface area contributed by atoms with Crippen molar-refractivity contribution in [3.8, 4) is 17.2 Å². The minimum atomic E-state index is -0.295. The third kappa shape index (κ3) is 7.76. The fraction of sp³-hybridized carbons (Fsp3) is 0.350. The van der Waals surface area contributed by atoms with Gasteiger partial charge in [0.25, 0.3) is 0 Å². The van der Waals surface area contributed by atoms with Gasteiger partial charge in [-0.05, 0) is 12.0 Å². The molecule has 1 unspecified atom stereocenters. The minimum Gasteiger partial charge on any atom is -0.496 e. The summed E-state index contributed by atoms with van der Waals surface area (Å²) in [6, 6.07) is 14.7. The summed E-state index contributed by atoms with van der Waals surface area (Å²) < 4.78 is 16.1. The van der Waals surface area contributed by atoms with Crippen LogP contribution in [0.3, 0.4) is 0 Å². The van der Waals surface area contributed by atoms with Crippen LogP contribution in [0.25, 0.3) is 0 Å². The summed E-state index contributed by atoms with van der Waals surface area (Å²) in [7, 11) is 3.18. The number of amides is 1. The number of hydrogen-bond acceptors (Lipinski definition) is 5. The van der Waals surface area contributed by atoms with Gasteiger partial charge in [0.05, 0.1) is 20.8 Å². The number of rotatable bonds is 10. The Labute approximate surface area is 166 Å². The maximum absolute atomic E-state index is 12.0. The number of hydrogen-bond donors (Lipinski definition) is 2. The Morgan fingerprint density at radius 2 is 1.63 bits per heavy atom. The Kier molecular flexibility index (Phi) is 10.1. The Morgan fingerprint density at radius 1 is 1.04 bits per heavy atom. The maximum atomic E-state index is 12.0. The van der Waals surface area contributed by atoms with E-state index in [0.717, 1.165) is 5.56 Å². The second-order valence-corrected chi connectivity index (χ2v) is 5.82. The Balaban J connectivity index is 0.00000364. The van der Waals surface area contributed by atoms with Gasteiger partial charge < -0.3 is 25.3 Å². The summed E-state index contributed by atoms with van der Waals surface area (Å²) in [6.45, 7) is 1.00. The molecule has 0 aliphatic rings. The van der Waals surface area contributed by atoms with Crippen molar-refractivity contribution < 1.29 is 19.0 Å². The molecule has 0 heterocycles. The first-order chi connectivity index (χ1) is 12.6. The average Bonchev–Trinajstić information content (AvgIpc) is 2.68. The zero-order valence-corrected chi connectivity index (χ0v) is 16.5. The standard InChI is InChI=1S/C20H26N2O4.ClH/c1-24-16-11-17(25-2)13-18(12-16)26-10-6-9-22-20(23)14-19(21)15-7-4-3-5-8-15;/h3-5,7-8,11-13,19H,6,9-10,14,21H2,1-2H3,(H,22,23);1H. The highest BCUT2D eigenvalue weighted by atomic mass is 35.5. The molecule has 0 aliphatic carbocycles. The van der Waals surface area contributed by atoms with E-state index in [0.29, 0.717) is 36.8 Å². The maximum Gasteiger partial charge on any atom is 0.221 e. The van der Waals surface area contributed by atoms with Gasteiger partial charge in [0.2, 0.25) is 5.91 Å². The van der Waals surface area contributed by atoms with Gasteiger partial charge in [0.1, 0.15) is 17.2 Å². The Bertz CT molecular complexity index is 675. The van der Waals surface area contributed by atoms with Crippen LogP contribution in [-0.4, -0.2) is 33.3 Å². The second-order valence-electron chi connectivity index (χ2n) is 5.82. The van der Waals surface area contributed by atoms with E-state index in [-0.39, 0.29) is 30.8 Å². The van der Waals surface area contributed by atoms with E-state index in [4.69, 9.17) is 19.9 Å². The smallest absolute Gasteiger partial charge is 0.221 e. The molecule has 0 saturated carbocycles. The number of carbonyl (C=O) groups is 1. The molecule has 2 aromatic carbocycles. The first kappa shape index (κ1) is 22.6. The van der Waals surface area contributed by atoms with Crippen LogP contribution in [0.15, 0.2) is 48.5 Å². The van der Waals surface area contributed by atoms with Gasteiger partial charge in [-0.1, -0.05) is 30.3 Å². The number of halogens is 1. The number of ether oxygens (including phenoxy) is 3. The molecule has 148 valence electrons. The van der Waals surface area contributed by atoms with Crippen molar-refractivity contribution in [1.29, 1.82) is 0 Å². The zero-order chi connectivity index (χ0) is 18.8. The molecule has 0 spiro atoms. The molecular weight excluding hydrogens is 368 g/mol. The van der Waals surface area contributed by atoms with Crippen molar-refractivity contribution in [3.05, 3.63) is 54.1 Å². The highest BCUT2D eigenvalue weighted by Gasteiger charge is 2.10. The quantitative estimate of drug-likeness (QED) is 0.605. The van der Waals surface area contributed by atoms with Crippen molar-refractivity contribution in [2.75, 3.05) is 27.4 Å². The number of methoxy groups -OCH3 is 2. The molecule has 2 rings (SSSR count). The van der Waals surface area contributed by atoms with Crippen LogP contribution in [-0.2, 0) is 4.79 Å². The van der Waals surface area contributed by atoms with E-state index in [1.165, 1.54) is 0 Å². The zero-order valence-electron chi connectivity index (χ0n) is 15.6. The van der Waals surface area contributed by atoms with Crippen LogP contribution < -0.4 is 25.3 Å². The van der Waals surface area contributed by atoms with Gasteiger partial charge >= 0.3 is 0 Å². The van der Waals surface area contributed by atoms with Crippen molar-refractivity contribution in [1.82, 2.24) is 5.32 Å². The fourth-order valence-electron chi connectivity index (χ4n) is 2.44. The second kappa shape index (κ2) is 12.0. The van der Waals surface area contributed by atoms with Crippen LogP contribution in [0.5, 0.6) is 17.2 Å². The highest BCUT2D eigenvalue weighted by Crippen LogP contribution is 2.27. The molecule has 0 aliphatic heterocycles. The number of nitrogens with one attached hydrogen (secondary N) is 1. The predicted molar refractivity (Wildman–Crippen MR) is 108 cm³/mol. The molecule has 0 bridgehead atoms. The molecule has 7 heteroatoms. The fourth-order valence-corrected chi connectivity index (χ4v) is 2.44. The topological polar surface area (TPSA) is 82.8 Å². The molecule has 2 aromatic rings. The predicted octanol–water partition coefficient (Wildman–Crippen LogP) is 3.10. The normalized spacial score (nSPS) is 11.1. The molecule has 0 fully saturated rings. The summed E-state index contributed by atoms with van der Waals surface area (Å²) in [6.07, 6.45) is 0.948. The van der Waals surface area contributed by atoms with E-state index in [1.807, 2.05) is 30.3 Å². The molecule has 1 amide bonds. The monoisotopic (exact) mass is 394 g/mol. The van der Waals surface area contributed by atoms with Crippen LogP contribution in [0.1, 0.15) is 24.4 Å². The van der Waals surface area contributed by atoms with E-state index in [9.17, 15) is 4.79 Å².